The van der Waals surface area contributed by atoms with Crippen LogP contribution in [0, 0.1) is 0 Å². The quantitative estimate of drug-likeness (QED) is 0.661. The molecule has 0 radical (unpaired) electrons. The van der Waals surface area contributed by atoms with Gasteiger partial charge in [-0.15, -0.1) is 0 Å². The lowest BCUT2D eigenvalue weighted by atomic mass is 10.1. The molecule has 1 rings (SSSR count). The Morgan fingerprint density at radius 3 is 2.86 bits per heavy atom. The van der Waals surface area contributed by atoms with E-state index in [0.29, 0.717) is 19.6 Å². The minimum atomic E-state index is 0.0544. The Hall–Kier alpha value is -1.11. The molecule has 1 aromatic rings. The number of nitrogens with zero attached hydrogens (tertiary/aromatic N) is 1. The van der Waals surface area contributed by atoms with E-state index in [1.54, 1.807) is 14.2 Å². The molecule has 0 aliphatic heterocycles. The topological polar surface area (TPSA) is 53.6 Å². The molecule has 0 fully saturated rings. The van der Waals surface area contributed by atoms with Crippen LogP contribution >= 0.6 is 15.9 Å². The third-order valence-corrected chi connectivity index (χ3v) is 3.70. The lowest BCUT2D eigenvalue weighted by Crippen LogP contribution is -2.27. The molecule has 0 saturated carbocycles. The summed E-state index contributed by atoms with van der Waals surface area (Å²) in [4.78, 5) is 13.5. The predicted octanol–water partition coefficient (Wildman–Crippen LogP) is 1.76. The van der Waals surface area contributed by atoms with Crippen LogP contribution in [0.15, 0.2) is 22.7 Å². The summed E-state index contributed by atoms with van der Waals surface area (Å²) in [7, 11) is 5.36. The van der Waals surface area contributed by atoms with Crippen molar-refractivity contribution in [2.24, 2.45) is 0 Å². The molecule has 0 unspecified atom stereocenters. The van der Waals surface area contributed by atoms with Crippen molar-refractivity contribution in [3.05, 3.63) is 28.2 Å². The summed E-state index contributed by atoms with van der Waals surface area (Å²) in [5.74, 6) is 0.0544. The van der Waals surface area contributed by atoms with E-state index >= 15 is 0 Å². The van der Waals surface area contributed by atoms with Crippen LogP contribution in [-0.2, 0) is 16.1 Å². The van der Waals surface area contributed by atoms with Crippen molar-refractivity contribution in [3.8, 4) is 0 Å². The lowest BCUT2D eigenvalue weighted by molar-refractivity contribution is -0.120. The molecular weight excluding hydrogens is 334 g/mol. The van der Waals surface area contributed by atoms with Gasteiger partial charge in [-0.3, -0.25) is 4.79 Å². The number of carbonyl (C=O) groups excluding carboxylic acids is 1. The number of hydrogen-bond donors (Lipinski definition) is 2. The standard InChI is InChI=1S/C15H24BrN3O2/c1-17-15(20)6-8-19(2)14-5-4-13(16)10-12(14)11-18-7-9-21-3/h4-5,10,18H,6-9,11H2,1-3H3,(H,17,20). The van der Waals surface area contributed by atoms with Crippen molar-refractivity contribution in [2.45, 2.75) is 13.0 Å². The fourth-order valence-electron chi connectivity index (χ4n) is 1.98. The highest BCUT2D eigenvalue weighted by molar-refractivity contribution is 9.10. The highest BCUT2D eigenvalue weighted by Crippen LogP contribution is 2.24. The molecule has 118 valence electrons. The van der Waals surface area contributed by atoms with Crippen LogP contribution in [0.5, 0.6) is 0 Å². The summed E-state index contributed by atoms with van der Waals surface area (Å²) in [5, 5.41) is 5.99. The maximum Gasteiger partial charge on any atom is 0.221 e. The van der Waals surface area contributed by atoms with Gasteiger partial charge >= 0.3 is 0 Å². The van der Waals surface area contributed by atoms with Crippen LogP contribution in [0.2, 0.25) is 0 Å². The fourth-order valence-corrected chi connectivity index (χ4v) is 2.39. The second kappa shape index (κ2) is 9.76. The number of ether oxygens (including phenoxy) is 1. The van der Waals surface area contributed by atoms with E-state index in [1.807, 2.05) is 13.1 Å². The molecule has 0 aliphatic rings. The Morgan fingerprint density at radius 2 is 2.19 bits per heavy atom. The Balaban J connectivity index is 2.68. The molecule has 0 bridgehead atoms. The molecule has 2 N–H and O–H groups in total. The summed E-state index contributed by atoms with van der Waals surface area (Å²) in [6.45, 7) is 2.95. The number of anilines is 1. The van der Waals surface area contributed by atoms with E-state index in [-0.39, 0.29) is 5.91 Å². The maximum atomic E-state index is 11.4. The van der Waals surface area contributed by atoms with Crippen LogP contribution in [0.1, 0.15) is 12.0 Å². The highest BCUT2D eigenvalue weighted by atomic mass is 79.9. The van der Waals surface area contributed by atoms with Gasteiger partial charge in [-0.25, -0.2) is 0 Å². The number of methoxy groups -OCH3 is 1. The van der Waals surface area contributed by atoms with Crippen molar-refractivity contribution in [3.63, 3.8) is 0 Å². The van der Waals surface area contributed by atoms with Crippen molar-refractivity contribution in [2.75, 3.05) is 45.8 Å². The van der Waals surface area contributed by atoms with Crippen LogP contribution in [0.4, 0.5) is 5.69 Å². The summed E-state index contributed by atoms with van der Waals surface area (Å²) >= 11 is 3.51. The monoisotopic (exact) mass is 357 g/mol. The molecule has 5 nitrogen and oxygen atoms in total. The summed E-state index contributed by atoms with van der Waals surface area (Å²) < 4.78 is 6.08. The number of hydrogen-bond acceptors (Lipinski definition) is 4. The molecule has 21 heavy (non-hydrogen) atoms. The van der Waals surface area contributed by atoms with Gasteiger partial charge in [0.2, 0.25) is 5.91 Å². The van der Waals surface area contributed by atoms with Crippen molar-refractivity contribution < 1.29 is 9.53 Å². The molecule has 0 atom stereocenters. The van der Waals surface area contributed by atoms with E-state index in [9.17, 15) is 4.79 Å². The van der Waals surface area contributed by atoms with Crippen LogP contribution < -0.4 is 15.5 Å². The van der Waals surface area contributed by atoms with E-state index < -0.39 is 0 Å². The number of amides is 1. The Kier molecular flexibility index (Phi) is 8.34. The van der Waals surface area contributed by atoms with Gasteiger partial charge in [0.25, 0.3) is 0 Å². The third-order valence-electron chi connectivity index (χ3n) is 3.20. The number of rotatable bonds is 9. The zero-order valence-electron chi connectivity index (χ0n) is 12.9. The SMILES string of the molecule is CNC(=O)CCN(C)c1ccc(Br)cc1CNCCOC. The molecular formula is C15H24BrN3O2. The number of carbonyl (C=O) groups is 1. The molecule has 1 amide bonds. The highest BCUT2D eigenvalue weighted by Gasteiger charge is 2.09. The summed E-state index contributed by atoms with van der Waals surface area (Å²) in [6, 6.07) is 6.19. The summed E-state index contributed by atoms with van der Waals surface area (Å²) in [6.07, 6.45) is 0.486. The third kappa shape index (κ3) is 6.46. The number of halogens is 1. The molecule has 0 saturated heterocycles. The Bertz CT molecular complexity index is 455. The van der Waals surface area contributed by atoms with Gasteiger partial charge < -0.3 is 20.3 Å². The molecule has 0 heterocycles. The van der Waals surface area contributed by atoms with Gasteiger partial charge in [0.05, 0.1) is 6.61 Å². The molecule has 0 aromatic heterocycles. The van der Waals surface area contributed by atoms with Gasteiger partial charge in [-0.2, -0.15) is 0 Å². The minimum absolute atomic E-state index is 0.0544. The first-order valence-corrected chi connectivity index (χ1v) is 7.77. The van der Waals surface area contributed by atoms with Crippen LogP contribution in [-0.4, -0.2) is 46.8 Å². The van der Waals surface area contributed by atoms with Crippen molar-refractivity contribution in [1.82, 2.24) is 10.6 Å². The van der Waals surface area contributed by atoms with E-state index in [1.165, 1.54) is 5.56 Å². The Labute approximate surface area is 135 Å². The first-order valence-electron chi connectivity index (χ1n) is 6.98. The van der Waals surface area contributed by atoms with Crippen molar-refractivity contribution in [1.29, 1.82) is 0 Å². The second-order valence-corrected chi connectivity index (χ2v) is 5.70. The largest absolute Gasteiger partial charge is 0.383 e. The average molecular weight is 358 g/mol. The predicted molar refractivity (Wildman–Crippen MR) is 89.7 cm³/mol. The van der Waals surface area contributed by atoms with E-state index in [0.717, 1.165) is 23.2 Å². The summed E-state index contributed by atoms with van der Waals surface area (Å²) in [5.41, 5.74) is 2.33. The van der Waals surface area contributed by atoms with E-state index in [4.69, 9.17) is 4.74 Å². The zero-order valence-corrected chi connectivity index (χ0v) is 14.5. The molecule has 0 spiro atoms. The Morgan fingerprint density at radius 1 is 1.43 bits per heavy atom. The smallest absolute Gasteiger partial charge is 0.221 e. The van der Waals surface area contributed by atoms with Gasteiger partial charge in [0.15, 0.2) is 0 Å². The number of benzene rings is 1. The normalized spacial score (nSPS) is 10.5. The molecule has 6 heteroatoms. The average Bonchev–Trinajstić information content (AvgIpc) is 2.49. The number of nitrogens with one attached hydrogen (secondary N) is 2. The minimum Gasteiger partial charge on any atom is -0.383 e. The van der Waals surface area contributed by atoms with Gasteiger partial charge in [-0.1, -0.05) is 15.9 Å². The van der Waals surface area contributed by atoms with Gasteiger partial charge in [0.1, 0.15) is 0 Å². The van der Waals surface area contributed by atoms with Crippen LogP contribution in [0.3, 0.4) is 0 Å². The van der Waals surface area contributed by atoms with Crippen LogP contribution in [0.25, 0.3) is 0 Å². The zero-order chi connectivity index (χ0) is 15.7. The fraction of sp³-hybridized carbons (Fsp3) is 0.533. The maximum absolute atomic E-state index is 11.4. The van der Waals surface area contributed by atoms with Gasteiger partial charge in [0, 0.05) is 57.4 Å². The lowest BCUT2D eigenvalue weighted by Gasteiger charge is -2.22. The van der Waals surface area contributed by atoms with Crippen molar-refractivity contribution >= 4 is 27.5 Å². The second-order valence-electron chi connectivity index (χ2n) is 4.79. The first kappa shape index (κ1) is 17.9. The molecule has 1 aromatic carbocycles. The van der Waals surface area contributed by atoms with E-state index in [2.05, 4.69) is 43.6 Å². The first-order chi connectivity index (χ1) is 10.1. The molecule has 0 aliphatic carbocycles. The van der Waals surface area contributed by atoms with Gasteiger partial charge in [-0.05, 0) is 23.8 Å².